The molecule has 0 saturated heterocycles. The van der Waals surface area contributed by atoms with Crippen molar-refractivity contribution in [1.29, 1.82) is 0 Å². The molecule has 6 nitrogen and oxygen atoms in total. The molecule has 6 heteroatoms. The van der Waals surface area contributed by atoms with Crippen LogP contribution in [-0.2, 0) is 0 Å². The first kappa shape index (κ1) is 27.1. The van der Waals surface area contributed by atoms with Gasteiger partial charge in [-0.3, -0.25) is 4.99 Å². The molecule has 6 aromatic carbocycles. The third-order valence-corrected chi connectivity index (χ3v) is 8.09. The van der Waals surface area contributed by atoms with E-state index in [4.69, 9.17) is 11.5 Å². The van der Waals surface area contributed by atoms with Crippen LogP contribution in [0.5, 0.6) is 0 Å². The average molecular weight is 573 g/mol. The predicted molar refractivity (Wildman–Crippen MR) is 186 cm³/mol. The highest BCUT2D eigenvalue weighted by molar-refractivity contribution is 6.22. The number of aliphatic imine (C=N–C) groups is 2. The summed E-state index contributed by atoms with van der Waals surface area (Å²) < 4.78 is 0. The minimum atomic E-state index is -0.515. The Morgan fingerprint density at radius 1 is 0.705 bits per heavy atom. The normalized spacial score (nSPS) is 15.5. The molecule has 5 N–H and O–H groups in total. The van der Waals surface area contributed by atoms with E-state index in [9.17, 15) is 0 Å². The highest BCUT2D eigenvalue weighted by atomic mass is 15.3. The van der Waals surface area contributed by atoms with Gasteiger partial charge in [0.15, 0.2) is 0 Å². The zero-order valence-corrected chi connectivity index (χ0v) is 24.1. The predicted octanol–water partition coefficient (Wildman–Crippen LogP) is 8.45. The third kappa shape index (κ3) is 4.97. The number of nitrogens with two attached hydrogens (primary N) is 2. The van der Waals surface area contributed by atoms with E-state index in [-0.39, 0.29) is 6.17 Å². The fourth-order valence-corrected chi connectivity index (χ4v) is 6.04. The molecule has 0 bridgehead atoms. The number of allylic oxidation sites excluding steroid dienone is 1. The Kier molecular flexibility index (Phi) is 7.32. The average Bonchev–Trinajstić information content (AvgIpc) is 3.50. The number of rotatable bonds is 7. The lowest BCUT2D eigenvalue weighted by atomic mass is 9.98. The summed E-state index contributed by atoms with van der Waals surface area (Å²) in [6, 6.07) is 44.9. The number of hydrogen-bond donors (Lipinski definition) is 3. The largest absolute Gasteiger partial charge is 0.405 e. The van der Waals surface area contributed by atoms with Crippen molar-refractivity contribution in [3.63, 3.8) is 0 Å². The number of benzene rings is 6. The highest BCUT2D eigenvalue weighted by Gasteiger charge is 2.34. The Morgan fingerprint density at radius 3 is 2.14 bits per heavy atom. The summed E-state index contributed by atoms with van der Waals surface area (Å²) in [7, 11) is 0. The SMILES string of the molecule is NC=CC=NC=NC(N)c1cccc(-c2ccc(C3Nc4c(c5ccccc5c5ccccc45)N3c3ccccc3)cc2)c1. The first-order valence-electron chi connectivity index (χ1n) is 14.6. The summed E-state index contributed by atoms with van der Waals surface area (Å²) >= 11 is 0. The van der Waals surface area contributed by atoms with Crippen LogP contribution in [0.4, 0.5) is 17.1 Å². The number of anilines is 3. The fourth-order valence-electron chi connectivity index (χ4n) is 6.04. The molecule has 214 valence electrons. The molecule has 0 saturated carbocycles. The number of fused-ring (bicyclic) bond motifs is 6. The smallest absolute Gasteiger partial charge is 0.130 e. The molecule has 1 aliphatic rings. The number of nitrogens with zero attached hydrogens (tertiary/aromatic N) is 3. The van der Waals surface area contributed by atoms with Crippen LogP contribution in [-0.4, -0.2) is 12.6 Å². The molecule has 6 aromatic rings. The highest BCUT2D eigenvalue weighted by Crippen LogP contribution is 2.53. The van der Waals surface area contributed by atoms with Crippen LogP contribution in [0.2, 0.25) is 0 Å². The molecule has 1 aliphatic heterocycles. The molecule has 2 atom stereocenters. The van der Waals surface area contributed by atoms with Gasteiger partial charge in [0.05, 0.1) is 11.4 Å². The van der Waals surface area contributed by atoms with Gasteiger partial charge in [-0.2, -0.15) is 0 Å². The molecule has 0 amide bonds. The van der Waals surface area contributed by atoms with Gasteiger partial charge in [-0.15, -0.1) is 0 Å². The molecule has 0 radical (unpaired) electrons. The van der Waals surface area contributed by atoms with Gasteiger partial charge in [0.25, 0.3) is 0 Å². The molecule has 0 aromatic heterocycles. The lowest BCUT2D eigenvalue weighted by Crippen LogP contribution is -2.23. The molecule has 0 fully saturated rings. The summed E-state index contributed by atoms with van der Waals surface area (Å²) in [5.74, 6) is 0. The van der Waals surface area contributed by atoms with Crippen LogP contribution in [0.1, 0.15) is 23.5 Å². The maximum Gasteiger partial charge on any atom is 0.130 e. The van der Waals surface area contributed by atoms with Gasteiger partial charge in [0.1, 0.15) is 18.7 Å². The van der Waals surface area contributed by atoms with Crippen molar-refractivity contribution < 1.29 is 0 Å². The van der Waals surface area contributed by atoms with Gasteiger partial charge in [-0.1, -0.05) is 109 Å². The summed E-state index contributed by atoms with van der Waals surface area (Å²) in [5.41, 5.74) is 19.4. The van der Waals surface area contributed by atoms with Crippen LogP contribution in [0, 0.1) is 0 Å². The zero-order valence-electron chi connectivity index (χ0n) is 24.1. The van der Waals surface area contributed by atoms with E-state index in [1.54, 1.807) is 12.3 Å². The van der Waals surface area contributed by atoms with Crippen LogP contribution >= 0.6 is 0 Å². The maximum absolute atomic E-state index is 6.33. The maximum atomic E-state index is 6.33. The van der Waals surface area contributed by atoms with Crippen molar-refractivity contribution in [2.75, 3.05) is 10.2 Å². The summed E-state index contributed by atoms with van der Waals surface area (Å²) in [5, 5.41) is 8.87. The standard InChI is InChI=1S/C38H32N6/c39-22-9-23-41-25-42-37(40)29-11-8-10-28(24-29)26-18-20-27(21-19-26)38-43-35-33-16-6-4-14-31(33)32-15-5-7-17-34(32)36(35)44(38)30-12-2-1-3-13-30/h1-25,37-38,43H,39-40H2. The van der Waals surface area contributed by atoms with Gasteiger partial charge in [-0.05, 0) is 63.5 Å². The lowest BCUT2D eigenvalue weighted by Gasteiger charge is -2.28. The van der Waals surface area contributed by atoms with Gasteiger partial charge < -0.3 is 21.7 Å². The Hall–Kier alpha value is -5.72. The molecule has 0 spiro atoms. The van der Waals surface area contributed by atoms with E-state index in [1.807, 2.05) is 12.1 Å². The Bertz CT molecular complexity index is 2030. The monoisotopic (exact) mass is 572 g/mol. The first-order chi connectivity index (χ1) is 21.7. The van der Waals surface area contributed by atoms with E-state index in [1.165, 1.54) is 45.3 Å². The topological polar surface area (TPSA) is 92.0 Å². The van der Waals surface area contributed by atoms with Gasteiger partial charge in [0.2, 0.25) is 0 Å². The Balaban J connectivity index is 1.26. The van der Waals surface area contributed by atoms with Crippen molar-refractivity contribution in [3.05, 3.63) is 151 Å². The third-order valence-electron chi connectivity index (χ3n) is 8.09. The van der Waals surface area contributed by atoms with Crippen LogP contribution in [0.25, 0.3) is 32.7 Å². The quantitative estimate of drug-likeness (QED) is 0.102. The Morgan fingerprint density at radius 2 is 1.39 bits per heavy atom. The minimum absolute atomic E-state index is 0.0839. The molecular formula is C38H32N6. The van der Waals surface area contributed by atoms with Crippen molar-refractivity contribution in [3.8, 4) is 11.1 Å². The van der Waals surface area contributed by atoms with E-state index in [2.05, 4.69) is 135 Å². The second-order valence-electron chi connectivity index (χ2n) is 10.7. The van der Waals surface area contributed by atoms with Gasteiger partial charge >= 0.3 is 0 Å². The van der Waals surface area contributed by atoms with E-state index >= 15 is 0 Å². The molecular weight excluding hydrogens is 540 g/mol. The van der Waals surface area contributed by atoms with Crippen molar-refractivity contribution >= 4 is 51.2 Å². The van der Waals surface area contributed by atoms with E-state index in [0.29, 0.717) is 0 Å². The number of hydrogen-bond acceptors (Lipinski definition) is 5. The molecule has 0 aliphatic carbocycles. The summed E-state index contributed by atoms with van der Waals surface area (Å²) in [4.78, 5) is 10.8. The summed E-state index contributed by atoms with van der Waals surface area (Å²) in [6.45, 7) is 0. The van der Waals surface area contributed by atoms with Crippen molar-refractivity contribution in [1.82, 2.24) is 0 Å². The fraction of sp³-hybridized carbons (Fsp3) is 0.0526. The molecule has 44 heavy (non-hydrogen) atoms. The summed E-state index contributed by atoms with van der Waals surface area (Å²) in [6.07, 6.45) is 5.46. The van der Waals surface area contributed by atoms with Crippen LogP contribution in [0.3, 0.4) is 0 Å². The molecule has 1 heterocycles. The first-order valence-corrected chi connectivity index (χ1v) is 14.6. The van der Waals surface area contributed by atoms with Crippen molar-refractivity contribution in [2.24, 2.45) is 21.5 Å². The molecule has 7 rings (SSSR count). The second kappa shape index (κ2) is 11.9. The van der Waals surface area contributed by atoms with Crippen molar-refractivity contribution in [2.45, 2.75) is 12.3 Å². The minimum Gasteiger partial charge on any atom is -0.405 e. The Labute approximate surface area is 256 Å². The van der Waals surface area contributed by atoms with Gasteiger partial charge in [0, 0.05) is 22.7 Å². The lowest BCUT2D eigenvalue weighted by molar-refractivity contribution is 0.779. The van der Waals surface area contributed by atoms with Gasteiger partial charge in [-0.25, -0.2) is 4.99 Å². The van der Waals surface area contributed by atoms with E-state index < -0.39 is 6.17 Å². The second-order valence-corrected chi connectivity index (χ2v) is 10.7. The molecule has 2 unspecified atom stereocenters. The van der Waals surface area contributed by atoms with E-state index in [0.717, 1.165) is 28.1 Å². The number of nitrogens with one attached hydrogen (secondary N) is 1. The van der Waals surface area contributed by atoms with Crippen LogP contribution < -0.4 is 21.7 Å². The zero-order chi connectivity index (χ0) is 29.9. The van der Waals surface area contributed by atoms with Crippen LogP contribution in [0.15, 0.2) is 150 Å². The number of para-hydroxylation sites is 1.